The highest BCUT2D eigenvalue weighted by molar-refractivity contribution is 5.91. The van der Waals surface area contributed by atoms with Crippen LogP contribution in [0.25, 0.3) is 28.2 Å². The lowest BCUT2D eigenvalue weighted by Gasteiger charge is -2.15. The molecule has 0 bridgehead atoms. The minimum atomic E-state index is -0.440. The van der Waals surface area contributed by atoms with Crippen molar-refractivity contribution in [1.82, 2.24) is 9.55 Å². The SMILES string of the molecule is C=CC(=Cc1cccc([N+](=O)[O-])c1)c1cc2ccccc2c(=O)n1-c1ccccn1. The molecular weight excluding hydrogens is 378 g/mol. The van der Waals surface area contributed by atoms with Crippen molar-refractivity contribution < 1.29 is 4.92 Å². The summed E-state index contributed by atoms with van der Waals surface area (Å²) in [6, 6.07) is 20.9. The van der Waals surface area contributed by atoms with E-state index in [-0.39, 0.29) is 11.2 Å². The van der Waals surface area contributed by atoms with Crippen molar-refractivity contribution in [3.05, 3.63) is 123 Å². The lowest BCUT2D eigenvalue weighted by molar-refractivity contribution is -0.384. The number of hydrogen-bond donors (Lipinski definition) is 0. The molecule has 0 aliphatic heterocycles. The number of fused-ring (bicyclic) bond motifs is 1. The summed E-state index contributed by atoms with van der Waals surface area (Å²) in [4.78, 5) is 28.4. The van der Waals surface area contributed by atoms with Gasteiger partial charge in [0.2, 0.25) is 0 Å². The number of nitro benzene ring substituents is 1. The summed E-state index contributed by atoms with van der Waals surface area (Å²) in [5.41, 5.74) is 1.66. The minimum Gasteiger partial charge on any atom is -0.268 e. The number of nitro groups is 1. The number of nitrogens with zero attached hydrogens (tertiary/aromatic N) is 3. The molecule has 0 amide bonds. The maximum Gasteiger partial charge on any atom is 0.270 e. The van der Waals surface area contributed by atoms with Crippen molar-refractivity contribution in [3.8, 4) is 5.82 Å². The van der Waals surface area contributed by atoms with E-state index in [1.165, 1.54) is 16.7 Å². The van der Waals surface area contributed by atoms with Crippen LogP contribution in [0.1, 0.15) is 11.3 Å². The van der Waals surface area contributed by atoms with E-state index in [4.69, 9.17) is 0 Å². The van der Waals surface area contributed by atoms with Crippen LogP contribution in [0.3, 0.4) is 0 Å². The Balaban J connectivity index is 2.01. The second-order valence-corrected chi connectivity index (χ2v) is 6.60. The Hall–Kier alpha value is -4.32. The first kappa shape index (κ1) is 19.0. The number of allylic oxidation sites excluding steroid dienone is 2. The molecule has 0 fully saturated rings. The van der Waals surface area contributed by atoms with E-state index >= 15 is 0 Å². The van der Waals surface area contributed by atoms with Gasteiger partial charge in [-0.05, 0) is 46.9 Å². The lowest BCUT2D eigenvalue weighted by atomic mass is 10.0. The Labute approximate surface area is 172 Å². The van der Waals surface area contributed by atoms with Gasteiger partial charge in [-0.2, -0.15) is 0 Å². The van der Waals surface area contributed by atoms with Gasteiger partial charge in [-0.1, -0.05) is 49.1 Å². The van der Waals surface area contributed by atoms with Crippen LogP contribution < -0.4 is 5.56 Å². The van der Waals surface area contributed by atoms with Crippen molar-refractivity contribution in [2.45, 2.75) is 0 Å². The summed E-state index contributed by atoms with van der Waals surface area (Å²) in [6.45, 7) is 3.90. The standard InChI is InChI=1S/C24H17N3O3/c1-2-18(14-17-8-7-10-20(15-17)27(29)30)22-16-19-9-3-4-11-21(19)24(28)26(22)23-12-5-6-13-25-23/h2-16H,1H2. The van der Waals surface area contributed by atoms with Crippen LogP contribution in [-0.4, -0.2) is 14.5 Å². The fourth-order valence-electron chi connectivity index (χ4n) is 3.33. The molecule has 6 heteroatoms. The van der Waals surface area contributed by atoms with Gasteiger partial charge in [-0.25, -0.2) is 4.98 Å². The van der Waals surface area contributed by atoms with E-state index in [1.807, 2.05) is 30.3 Å². The summed E-state index contributed by atoms with van der Waals surface area (Å²) >= 11 is 0. The molecule has 2 heterocycles. The molecule has 0 radical (unpaired) electrons. The van der Waals surface area contributed by atoms with Gasteiger partial charge in [0.05, 0.1) is 10.6 Å². The van der Waals surface area contributed by atoms with Crippen LogP contribution in [0.5, 0.6) is 0 Å². The molecule has 0 unspecified atom stereocenters. The zero-order valence-corrected chi connectivity index (χ0v) is 15.9. The maximum atomic E-state index is 13.3. The van der Waals surface area contributed by atoms with E-state index in [9.17, 15) is 14.9 Å². The third kappa shape index (κ3) is 3.54. The van der Waals surface area contributed by atoms with E-state index in [1.54, 1.807) is 48.7 Å². The smallest absolute Gasteiger partial charge is 0.268 e. The molecule has 0 spiro atoms. The highest BCUT2D eigenvalue weighted by Crippen LogP contribution is 2.25. The molecule has 4 aromatic rings. The first-order valence-electron chi connectivity index (χ1n) is 9.23. The predicted molar refractivity (Wildman–Crippen MR) is 119 cm³/mol. The summed E-state index contributed by atoms with van der Waals surface area (Å²) in [6.07, 6.45) is 5.02. The molecule has 146 valence electrons. The molecule has 4 rings (SSSR count). The van der Waals surface area contributed by atoms with Gasteiger partial charge in [-0.15, -0.1) is 0 Å². The molecular formula is C24H17N3O3. The number of benzene rings is 2. The third-order valence-electron chi connectivity index (χ3n) is 4.72. The summed E-state index contributed by atoms with van der Waals surface area (Å²) in [7, 11) is 0. The molecule has 0 saturated heterocycles. The molecule has 0 saturated carbocycles. The number of non-ortho nitro benzene ring substituents is 1. The Bertz CT molecular complexity index is 1360. The third-order valence-corrected chi connectivity index (χ3v) is 4.72. The zero-order chi connectivity index (χ0) is 21.1. The minimum absolute atomic E-state index is 0.00668. The fraction of sp³-hybridized carbons (Fsp3) is 0. The second-order valence-electron chi connectivity index (χ2n) is 6.60. The van der Waals surface area contributed by atoms with Crippen LogP contribution in [0, 0.1) is 10.1 Å². The average molecular weight is 395 g/mol. The number of hydrogen-bond acceptors (Lipinski definition) is 4. The second kappa shape index (κ2) is 7.97. The van der Waals surface area contributed by atoms with Crippen molar-refractivity contribution in [2.24, 2.45) is 0 Å². The predicted octanol–water partition coefficient (Wildman–Crippen LogP) is 5.02. The van der Waals surface area contributed by atoms with Crippen molar-refractivity contribution in [3.63, 3.8) is 0 Å². The Kier molecular flexibility index (Phi) is 5.05. The van der Waals surface area contributed by atoms with Crippen molar-refractivity contribution in [1.29, 1.82) is 0 Å². The normalized spacial score (nSPS) is 11.4. The topological polar surface area (TPSA) is 78.0 Å². The van der Waals surface area contributed by atoms with Gasteiger partial charge in [0, 0.05) is 23.7 Å². The molecule has 0 aliphatic rings. The Morgan fingerprint density at radius 3 is 2.57 bits per heavy atom. The first-order valence-corrected chi connectivity index (χ1v) is 9.23. The molecule has 0 N–H and O–H groups in total. The van der Waals surface area contributed by atoms with E-state index in [2.05, 4.69) is 11.6 Å². The Morgan fingerprint density at radius 1 is 1.03 bits per heavy atom. The summed E-state index contributed by atoms with van der Waals surface area (Å²) < 4.78 is 1.53. The van der Waals surface area contributed by atoms with Crippen molar-refractivity contribution >= 4 is 28.1 Å². The first-order chi connectivity index (χ1) is 14.6. The van der Waals surface area contributed by atoms with Gasteiger partial charge < -0.3 is 0 Å². The monoisotopic (exact) mass is 395 g/mol. The molecule has 0 atom stereocenters. The number of pyridine rings is 2. The van der Waals surface area contributed by atoms with Crippen LogP contribution in [-0.2, 0) is 0 Å². The van der Waals surface area contributed by atoms with Gasteiger partial charge in [0.25, 0.3) is 11.2 Å². The van der Waals surface area contributed by atoms with E-state index < -0.39 is 4.92 Å². The lowest BCUT2D eigenvalue weighted by Crippen LogP contribution is -2.22. The van der Waals surface area contributed by atoms with Crippen LogP contribution in [0.4, 0.5) is 5.69 Å². The van der Waals surface area contributed by atoms with Gasteiger partial charge in [0.1, 0.15) is 5.82 Å². The molecule has 2 aromatic heterocycles. The zero-order valence-electron chi connectivity index (χ0n) is 15.9. The van der Waals surface area contributed by atoms with Crippen molar-refractivity contribution in [2.75, 3.05) is 0 Å². The molecule has 30 heavy (non-hydrogen) atoms. The highest BCUT2D eigenvalue weighted by Gasteiger charge is 2.14. The van der Waals surface area contributed by atoms with Crippen LogP contribution in [0.2, 0.25) is 0 Å². The van der Waals surface area contributed by atoms with E-state index in [0.717, 1.165) is 5.39 Å². The van der Waals surface area contributed by atoms with Gasteiger partial charge >= 0.3 is 0 Å². The number of aromatic nitrogens is 2. The van der Waals surface area contributed by atoms with Gasteiger partial charge in [0.15, 0.2) is 0 Å². The van der Waals surface area contributed by atoms with Crippen LogP contribution in [0.15, 0.2) is 96.4 Å². The highest BCUT2D eigenvalue weighted by atomic mass is 16.6. The molecule has 0 aliphatic carbocycles. The Morgan fingerprint density at radius 2 is 1.83 bits per heavy atom. The number of rotatable bonds is 5. The fourth-order valence-corrected chi connectivity index (χ4v) is 3.33. The summed E-state index contributed by atoms with van der Waals surface area (Å²) in [5.74, 6) is 0.482. The average Bonchev–Trinajstić information content (AvgIpc) is 2.78. The van der Waals surface area contributed by atoms with E-state index in [0.29, 0.717) is 28.0 Å². The quantitative estimate of drug-likeness (QED) is 0.270. The molecule has 6 nitrogen and oxygen atoms in total. The largest absolute Gasteiger partial charge is 0.270 e. The molecule has 2 aromatic carbocycles. The maximum absolute atomic E-state index is 13.3. The summed E-state index contributed by atoms with van der Waals surface area (Å²) in [5, 5.41) is 12.5. The van der Waals surface area contributed by atoms with Gasteiger partial charge in [-0.3, -0.25) is 19.5 Å². The van der Waals surface area contributed by atoms with Crippen LogP contribution >= 0.6 is 0 Å².